The van der Waals surface area contributed by atoms with E-state index in [9.17, 15) is 0 Å². The number of thiol groups is 1. The highest BCUT2D eigenvalue weighted by Crippen LogP contribution is 2.15. The van der Waals surface area contributed by atoms with Gasteiger partial charge in [0.2, 0.25) is 0 Å². The maximum Gasteiger partial charge on any atom is 0.0449 e. The summed E-state index contributed by atoms with van der Waals surface area (Å²) in [5, 5.41) is 1.65. The van der Waals surface area contributed by atoms with E-state index >= 15 is 0 Å². The molecule has 1 aromatic carbocycles. The maximum absolute atomic E-state index is 5.84. The van der Waals surface area contributed by atoms with Crippen LogP contribution in [0.5, 0.6) is 0 Å². The minimum atomic E-state index is 0.737. The molecule has 2 heteroatoms. The SMILES string of the molecule is CCCCCCCc1cccc(/C(N)=C/S)c1. The molecular formula is C15H23NS. The van der Waals surface area contributed by atoms with Crippen LogP contribution in [0.3, 0.4) is 0 Å². The lowest BCUT2D eigenvalue weighted by molar-refractivity contribution is 0.632. The van der Waals surface area contributed by atoms with Crippen molar-refractivity contribution < 1.29 is 0 Å². The minimum absolute atomic E-state index is 0.737. The Morgan fingerprint density at radius 2 is 2.00 bits per heavy atom. The van der Waals surface area contributed by atoms with E-state index in [1.165, 1.54) is 37.7 Å². The second-order valence-corrected chi connectivity index (χ2v) is 4.71. The van der Waals surface area contributed by atoms with E-state index in [1.807, 2.05) is 6.07 Å². The molecular weight excluding hydrogens is 226 g/mol. The predicted octanol–water partition coefficient (Wildman–Crippen LogP) is 4.39. The molecule has 0 aromatic heterocycles. The summed E-state index contributed by atoms with van der Waals surface area (Å²) in [7, 11) is 0. The Morgan fingerprint density at radius 3 is 2.71 bits per heavy atom. The Hall–Kier alpha value is -0.890. The molecule has 0 heterocycles. The predicted molar refractivity (Wildman–Crippen MR) is 80.1 cm³/mol. The topological polar surface area (TPSA) is 26.0 Å². The van der Waals surface area contributed by atoms with E-state index in [2.05, 4.69) is 37.8 Å². The third kappa shape index (κ3) is 5.31. The highest BCUT2D eigenvalue weighted by atomic mass is 32.1. The fourth-order valence-corrected chi connectivity index (χ4v) is 2.06. The molecule has 0 aliphatic rings. The van der Waals surface area contributed by atoms with Gasteiger partial charge in [0.25, 0.3) is 0 Å². The van der Waals surface area contributed by atoms with Gasteiger partial charge in [0.15, 0.2) is 0 Å². The molecule has 1 rings (SSSR count). The number of nitrogens with two attached hydrogens (primary N) is 1. The van der Waals surface area contributed by atoms with Crippen molar-refractivity contribution in [3.05, 3.63) is 40.8 Å². The Morgan fingerprint density at radius 1 is 1.24 bits per heavy atom. The molecule has 0 fully saturated rings. The number of rotatable bonds is 7. The van der Waals surface area contributed by atoms with Gasteiger partial charge in [-0.1, -0.05) is 50.8 Å². The molecule has 2 N–H and O–H groups in total. The fourth-order valence-electron chi connectivity index (χ4n) is 1.91. The van der Waals surface area contributed by atoms with E-state index < -0.39 is 0 Å². The zero-order chi connectivity index (χ0) is 12.5. The van der Waals surface area contributed by atoms with Crippen LogP contribution >= 0.6 is 12.6 Å². The highest BCUT2D eigenvalue weighted by Gasteiger charge is 1.98. The van der Waals surface area contributed by atoms with Crippen LogP contribution < -0.4 is 5.73 Å². The zero-order valence-electron chi connectivity index (χ0n) is 10.7. The first-order valence-electron chi connectivity index (χ1n) is 6.47. The van der Waals surface area contributed by atoms with Gasteiger partial charge in [-0.05, 0) is 35.4 Å². The van der Waals surface area contributed by atoms with Gasteiger partial charge in [-0.15, -0.1) is 12.6 Å². The Labute approximate surface area is 111 Å². The van der Waals surface area contributed by atoms with Gasteiger partial charge in [0.1, 0.15) is 0 Å². The third-order valence-electron chi connectivity index (χ3n) is 2.97. The van der Waals surface area contributed by atoms with Gasteiger partial charge in [-0.2, -0.15) is 0 Å². The quantitative estimate of drug-likeness (QED) is 0.544. The van der Waals surface area contributed by atoms with Gasteiger partial charge in [0, 0.05) is 5.70 Å². The average molecular weight is 249 g/mol. The lowest BCUT2D eigenvalue weighted by Crippen LogP contribution is -1.96. The van der Waals surface area contributed by atoms with Gasteiger partial charge in [-0.25, -0.2) is 0 Å². The van der Waals surface area contributed by atoms with E-state index in [0.717, 1.165) is 17.7 Å². The molecule has 94 valence electrons. The Kier molecular flexibility index (Phi) is 6.87. The number of hydrogen-bond donors (Lipinski definition) is 2. The van der Waals surface area contributed by atoms with E-state index in [4.69, 9.17) is 5.73 Å². The summed E-state index contributed by atoms with van der Waals surface area (Å²) in [6.45, 7) is 2.25. The number of unbranched alkanes of at least 4 members (excludes halogenated alkanes) is 4. The molecule has 0 amide bonds. The molecule has 1 nitrogen and oxygen atoms in total. The lowest BCUT2D eigenvalue weighted by atomic mass is 10.0. The second-order valence-electron chi connectivity index (χ2n) is 4.45. The Balaban J connectivity index is 2.43. The molecule has 0 bridgehead atoms. The normalized spacial score (nSPS) is 11.8. The summed E-state index contributed by atoms with van der Waals surface area (Å²) >= 11 is 4.08. The largest absolute Gasteiger partial charge is 0.398 e. The van der Waals surface area contributed by atoms with Crippen LogP contribution in [0.15, 0.2) is 29.7 Å². The van der Waals surface area contributed by atoms with Crippen LogP contribution in [0.2, 0.25) is 0 Å². The van der Waals surface area contributed by atoms with Crippen molar-refractivity contribution >= 4 is 18.3 Å². The standard InChI is InChI=1S/C15H23NS/c1-2-3-4-5-6-8-13-9-7-10-14(11-13)15(16)12-17/h7,9-12,17H,2-6,8,16H2,1H3/b15-12-. The molecule has 0 saturated carbocycles. The van der Waals surface area contributed by atoms with Crippen molar-refractivity contribution in [3.8, 4) is 0 Å². The smallest absolute Gasteiger partial charge is 0.0449 e. The summed E-state index contributed by atoms with van der Waals surface area (Å²) < 4.78 is 0. The van der Waals surface area contributed by atoms with Crippen molar-refractivity contribution in [2.75, 3.05) is 0 Å². The first kappa shape index (κ1) is 14.2. The van der Waals surface area contributed by atoms with Crippen LogP contribution in [0.4, 0.5) is 0 Å². The van der Waals surface area contributed by atoms with Crippen molar-refractivity contribution in [2.45, 2.75) is 45.4 Å². The summed E-state index contributed by atoms with van der Waals surface area (Å²) in [6, 6.07) is 8.44. The monoisotopic (exact) mass is 249 g/mol. The Bertz CT molecular complexity index is 358. The molecule has 1 aromatic rings. The van der Waals surface area contributed by atoms with Crippen LogP contribution in [-0.4, -0.2) is 0 Å². The van der Waals surface area contributed by atoms with E-state index in [0.29, 0.717) is 0 Å². The van der Waals surface area contributed by atoms with Crippen molar-refractivity contribution in [1.29, 1.82) is 0 Å². The molecule has 0 unspecified atom stereocenters. The summed E-state index contributed by atoms with van der Waals surface area (Å²) in [5.74, 6) is 0. The molecule has 0 atom stereocenters. The summed E-state index contributed by atoms with van der Waals surface area (Å²) in [6.07, 6.45) is 7.77. The van der Waals surface area contributed by atoms with Gasteiger partial charge >= 0.3 is 0 Å². The van der Waals surface area contributed by atoms with Crippen LogP contribution in [0, 0.1) is 0 Å². The molecule has 0 aliphatic carbocycles. The summed E-state index contributed by atoms with van der Waals surface area (Å²) in [4.78, 5) is 0. The van der Waals surface area contributed by atoms with Gasteiger partial charge in [-0.3, -0.25) is 0 Å². The summed E-state index contributed by atoms with van der Waals surface area (Å²) in [5.41, 5.74) is 9.03. The molecule has 0 aliphatic heterocycles. The molecule has 0 spiro atoms. The fraction of sp³-hybridized carbons (Fsp3) is 0.467. The van der Waals surface area contributed by atoms with Crippen LogP contribution in [0.25, 0.3) is 5.70 Å². The van der Waals surface area contributed by atoms with Crippen LogP contribution in [0.1, 0.15) is 50.2 Å². The maximum atomic E-state index is 5.84. The molecule has 0 radical (unpaired) electrons. The van der Waals surface area contributed by atoms with Gasteiger partial charge < -0.3 is 5.73 Å². The molecule has 17 heavy (non-hydrogen) atoms. The second kappa shape index (κ2) is 8.24. The van der Waals surface area contributed by atoms with Crippen LogP contribution in [-0.2, 0) is 6.42 Å². The number of benzene rings is 1. The zero-order valence-corrected chi connectivity index (χ0v) is 11.5. The lowest BCUT2D eigenvalue weighted by Gasteiger charge is -2.05. The van der Waals surface area contributed by atoms with Crippen molar-refractivity contribution in [1.82, 2.24) is 0 Å². The first-order valence-corrected chi connectivity index (χ1v) is 6.98. The van der Waals surface area contributed by atoms with Gasteiger partial charge in [0.05, 0.1) is 0 Å². The minimum Gasteiger partial charge on any atom is -0.398 e. The van der Waals surface area contributed by atoms with Crippen molar-refractivity contribution in [3.63, 3.8) is 0 Å². The van der Waals surface area contributed by atoms with E-state index in [-0.39, 0.29) is 0 Å². The molecule has 0 saturated heterocycles. The number of aryl methyl sites for hydroxylation is 1. The van der Waals surface area contributed by atoms with E-state index in [1.54, 1.807) is 5.41 Å². The highest BCUT2D eigenvalue weighted by molar-refractivity contribution is 7.83. The number of hydrogen-bond acceptors (Lipinski definition) is 2. The third-order valence-corrected chi connectivity index (χ3v) is 3.25. The average Bonchev–Trinajstić information content (AvgIpc) is 2.38. The van der Waals surface area contributed by atoms with Crippen molar-refractivity contribution in [2.24, 2.45) is 5.73 Å². The first-order chi connectivity index (χ1) is 8.27.